The molecule has 0 amide bonds. The first-order valence-electron chi connectivity index (χ1n) is 6.54. The van der Waals surface area contributed by atoms with E-state index in [0.29, 0.717) is 0 Å². The molecule has 0 N–H and O–H groups in total. The Balaban J connectivity index is 2.13. The van der Waals surface area contributed by atoms with Crippen LogP contribution in [0, 0.1) is 0 Å². The zero-order valence-corrected chi connectivity index (χ0v) is 10.2. The summed E-state index contributed by atoms with van der Waals surface area (Å²) in [6, 6.07) is 15.5. The van der Waals surface area contributed by atoms with Gasteiger partial charge in [-0.3, -0.25) is 0 Å². The van der Waals surface area contributed by atoms with E-state index < -0.39 is 0 Å². The molecule has 0 spiro atoms. The van der Waals surface area contributed by atoms with E-state index >= 15 is 0 Å². The maximum Gasteiger partial charge on any atom is -0.00667 e. The zero-order valence-electron chi connectivity index (χ0n) is 10.2. The number of hydrogen-bond donors (Lipinski definition) is 0. The van der Waals surface area contributed by atoms with Crippen LogP contribution in [0.4, 0.5) is 0 Å². The summed E-state index contributed by atoms with van der Waals surface area (Å²) < 4.78 is 0. The highest BCUT2D eigenvalue weighted by Gasteiger charge is 2.24. The number of fused-ring (bicyclic) bond motifs is 3. The molecule has 4 rings (SSSR count). The summed E-state index contributed by atoms with van der Waals surface area (Å²) in [4.78, 5) is 0. The van der Waals surface area contributed by atoms with Gasteiger partial charge in [0.1, 0.15) is 0 Å². The Morgan fingerprint density at radius 2 is 1.61 bits per heavy atom. The van der Waals surface area contributed by atoms with Gasteiger partial charge in [-0.25, -0.2) is 0 Å². The van der Waals surface area contributed by atoms with Crippen molar-refractivity contribution in [2.24, 2.45) is 0 Å². The van der Waals surface area contributed by atoms with Crippen molar-refractivity contribution in [3.8, 4) is 11.1 Å². The summed E-state index contributed by atoms with van der Waals surface area (Å²) >= 11 is 0. The SMILES string of the molecule is C1=C\CCc2cccc3c2\C(=C/1)c1ccccc1-3. The molecule has 2 aliphatic rings. The Labute approximate surface area is 107 Å². The van der Waals surface area contributed by atoms with Crippen LogP contribution in [0.5, 0.6) is 0 Å². The second kappa shape index (κ2) is 3.71. The molecule has 0 nitrogen and oxygen atoms in total. The van der Waals surface area contributed by atoms with E-state index in [2.05, 4.69) is 60.7 Å². The fourth-order valence-corrected chi connectivity index (χ4v) is 3.11. The molecule has 2 aliphatic carbocycles. The van der Waals surface area contributed by atoms with E-state index in [0.717, 1.165) is 12.8 Å². The van der Waals surface area contributed by atoms with Gasteiger partial charge in [-0.1, -0.05) is 60.7 Å². The average Bonchev–Trinajstić information content (AvgIpc) is 2.70. The summed E-state index contributed by atoms with van der Waals surface area (Å²) in [6.07, 6.45) is 9.02. The van der Waals surface area contributed by atoms with Crippen LogP contribution >= 0.6 is 0 Å². The van der Waals surface area contributed by atoms with Crippen LogP contribution in [0.25, 0.3) is 16.7 Å². The molecule has 0 fully saturated rings. The lowest BCUT2D eigenvalue weighted by Gasteiger charge is -2.10. The van der Waals surface area contributed by atoms with E-state index in [1.807, 2.05) is 0 Å². The molecule has 0 aromatic heterocycles. The Morgan fingerprint density at radius 1 is 0.778 bits per heavy atom. The summed E-state index contributed by atoms with van der Waals surface area (Å²) in [5, 5.41) is 0. The normalized spacial score (nSPS) is 20.1. The lowest BCUT2D eigenvalue weighted by molar-refractivity contribution is 0.995. The summed E-state index contributed by atoms with van der Waals surface area (Å²) in [6.45, 7) is 0. The molecule has 0 heteroatoms. The van der Waals surface area contributed by atoms with E-state index in [1.165, 1.54) is 33.4 Å². The van der Waals surface area contributed by atoms with Crippen molar-refractivity contribution in [1.82, 2.24) is 0 Å². The van der Waals surface area contributed by atoms with Crippen LogP contribution in [-0.4, -0.2) is 0 Å². The molecule has 2 aromatic rings. The Kier molecular flexibility index (Phi) is 2.04. The molecule has 0 unspecified atom stereocenters. The third-order valence-corrected chi connectivity index (χ3v) is 3.91. The van der Waals surface area contributed by atoms with Crippen molar-refractivity contribution in [3.63, 3.8) is 0 Å². The van der Waals surface area contributed by atoms with Crippen LogP contribution in [0.2, 0.25) is 0 Å². The molecule has 0 aliphatic heterocycles. The zero-order chi connectivity index (χ0) is 11.9. The van der Waals surface area contributed by atoms with Gasteiger partial charge in [0.15, 0.2) is 0 Å². The van der Waals surface area contributed by atoms with Gasteiger partial charge >= 0.3 is 0 Å². The van der Waals surface area contributed by atoms with Crippen LogP contribution in [0.15, 0.2) is 60.7 Å². The van der Waals surface area contributed by atoms with Crippen molar-refractivity contribution < 1.29 is 0 Å². The van der Waals surface area contributed by atoms with Crippen LogP contribution in [-0.2, 0) is 6.42 Å². The first kappa shape index (κ1) is 9.90. The second-order valence-corrected chi connectivity index (χ2v) is 4.93. The topological polar surface area (TPSA) is 0 Å². The summed E-state index contributed by atoms with van der Waals surface area (Å²) in [5.41, 5.74) is 8.52. The highest BCUT2D eigenvalue weighted by molar-refractivity contribution is 6.02. The van der Waals surface area contributed by atoms with Gasteiger partial charge in [-0.15, -0.1) is 0 Å². The standard InChI is InChI=1S/C18H14/c1-2-7-13-8-6-12-17-15-10-5-4-9-14(15)16(11-3-1)18(13)17/h1,3-6,8-12H,2,7H2/b3-1-,16-11-. The van der Waals surface area contributed by atoms with Gasteiger partial charge < -0.3 is 0 Å². The van der Waals surface area contributed by atoms with E-state index in [-0.39, 0.29) is 0 Å². The molecule has 0 saturated heterocycles. The lowest BCUT2D eigenvalue weighted by atomic mass is 9.93. The minimum absolute atomic E-state index is 1.14. The van der Waals surface area contributed by atoms with E-state index in [9.17, 15) is 0 Å². The van der Waals surface area contributed by atoms with Crippen molar-refractivity contribution in [1.29, 1.82) is 0 Å². The third kappa shape index (κ3) is 1.26. The average molecular weight is 230 g/mol. The lowest BCUT2D eigenvalue weighted by Crippen LogP contribution is -1.93. The molecule has 0 atom stereocenters. The number of aryl methyl sites for hydroxylation is 1. The van der Waals surface area contributed by atoms with Crippen molar-refractivity contribution in [3.05, 3.63) is 77.4 Å². The fraction of sp³-hybridized carbons (Fsp3) is 0.111. The summed E-state index contributed by atoms with van der Waals surface area (Å²) in [7, 11) is 0. The third-order valence-electron chi connectivity index (χ3n) is 3.91. The van der Waals surface area contributed by atoms with Gasteiger partial charge in [0.2, 0.25) is 0 Å². The first-order chi connectivity index (χ1) is 8.95. The van der Waals surface area contributed by atoms with E-state index in [1.54, 1.807) is 0 Å². The molecule has 0 saturated carbocycles. The highest BCUT2D eigenvalue weighted by Crippen LogP contribution is 2.46. The van der Waals surface area contributed by atoms with Gasteiger partial charge in [0, 0.05) is 0 Å². The van der Waals surface area contributed by atoms with Gasteiger partial charge in [0.05, 0.1) is 0 Å². The number of allylic oxidation sites excluding steroid dienone is 3. The molecular weight excluding hydrogens is 216 g/mol. The van der Waals surface area contributed by atoms with Gasteiger partial charge in [-0.2, -0.15) is 0 Å². The monoisotopic (exact) mass is 230 g/mol. The molecule has 2 aromatic carbocycles. The molecule has 18 heavy (non-hydrogen) atoms. The van der Waals surface area contributed by atoms with Gasteiger partial charge in [-0.05, 0) is 46.2 Å². The van der Waals surface area contributed by atoms with E-state index in [4.69, 9.17) is 0 Å². The number of hydrogen-bond acceptors (Lipinski definition) is 0. The molecule has 86 valence electrons. The Hall–Kier alpha value is -2.08. The fourth-order valence-electron chi connectivity index (χ4n) is 3.11. The van der Waals surface area contributed by atoms with Crippen LogP contribution in [0.3, 0.4) is 0 Å². The Bertz CT molecular complexity index is 687. The number of rotatable bonds is 0. The highest BCUT2D eigenvalue weighted by atomic mass is 14.3. The predicted molar refractivity (Wildman–Crippen MR) is 76.4 cm³/mol. The molecule has 0 radical (unpaired) electrons. The first-order valence-corrected chi connectivity index (χ1v) is 6.54. The maximum atomic E-state index is 2.28. The smallest absolute Gasteiger partial charge is 0.00667 e. The molecular formula is C18H14. The van der Waals surface area contributed by atoms with Crippen molar-refractivity contribution in [2.45, 2.75) is 12.8 Å². The maximum absolute atomic E-state index is 2.28. The molecule has 0 heterocycles. The van der Waals surface area contributed by atoms with Crippen LogP contribution in [0.1, 0.15) is 23.1 Å². The second-order valence-electron chi connectivity index (χ2n) is 4.93. The predicted octanol–water partition coefficient (Wildman–Crippen LogP) is 4.60. The quantitative estimate of drug-likeness (QED) is 0.529. The number of benzene rings is 2. The van der Waals surface area contributed by atoms with Gasteiger partial charge in [0.25, 0.3) is 0 Å². The van der Waals surface area contributed by atoms with Crippen molar-refractivity contribution in [2.75, 3.05) is 0 Å². The minimum atomic E-state index is 1.14. The molecule has 0 bridgehead atoms. The summed E-state index contributed by atoms with van der Waals surface area (Å²) in [5.74, 6) is 0. The largest absolute Gasteiger partial charge is 0.0842 e. The van der Waals surface area contributed by atoms with Crippen molar-refractivity contribution >= 4 is 5.57 Å². The Morgan fingerprint density at radius 3 is 2.56 bits per heavy atom. The minimum Gasteiger partial charge on any atom is -0.0842 e. The van der Waals surface area contributed by atoms with Crippen LogP contribution < -0.4 is 0 Å².